The van der Waals surface area contributed by atoms with Crippen molar-refractivity contribution < 1.29 is 5.11 Å². The van der Waals surface area contributed by atoms with Crippen molar-refractivity contribution in [3.8, 4) is 0 Å². The predicted octanol–water partition coefficient (Wildman–Crippen LogP) is 3.93. The maximum atomic E-state index is 10.4. The van der Waals surface area contributed by atoms with Crippen molar-refractivity contribution in [1.29, 1.82) is 0 Å². The smallest absolute Gasteiger partial charge is 0.0580 e. The lowest BCUT2D eigenvalue weighted by Gasteiger charge is -2.38. The molecule has 3 unspecified atom stereocenters. The van der Waals surface area contributed by atoms with Crippen molar-refractivity contribution in [2.45, 2.75) is 78.4 Å². The number of aliphatic hydroxyl groups excluding tert-OH is 1. The van der Waals surface area contributed by atoms with E-state index in [0.29, 0.717) is 5.92 Å². The molecular formula is C18H35NO. The van der Waals surface area contributed by atoms with Gasteiger partial charge in [0.15, 0.2) is 0 Å². The summed E-state index contributed by atoms with van der Waals surface area (Å²) in [5, 5.41) is 10.4. The number of aliphatic hydroxyl groups is 1. The first-order chi connectivity index (χ1) is 9.47. The zero-order valence-corrected chi connectivity index (χ0v) is 14.0. The van der Waals surface area contributed by atoms with Gasteiger partial charge in [0, 0.05) is 12.6 Å². The molecule has 2 rings (SSSR count). The van der Waals surface area contributed by atoms with Gasteiger partial charge in [-0.2, -0.15) is 0 Å². The van der Waals surface area contributed by atoms with Crippen molar-refractivity contribution in [3.63, 3.8) is 0 Å². The van der Waals surface area contributed by atoms with E-state index >= 15 is 0 Å². The maximum absolute atomic E-state index is 10.4. The van der Waals surface area contributed by atoms with Crippen LogP contribution in [0.3, 0.4) is 0 Å². The van der Waals surface area contributed by atoms with Crippen LogP contribution < -0.4 is 0 Å². The fourth-order valence-corrected chi connectivity index (χ4v) is 3.67. The largest absolute Gasteiger partial charge is 0.393 e. The fourth-order valence-electron chi connectivity index (χ4n) is 3.67. The average molecular weight is 281 g/mol. The van der Waals surface area contributed by atoms with E-state index in [1.165, 1.54) is 38.6 Å². The van der Waals surface area contributed by atoms with Crippen molar-refractivity contribution in [1.82, 2.24) is 4.90 Å². The molecule has 0 spiro atoms. The molecule has 2 nitrogen and oxygen atoms in total. The Hall–Kier alpha value is -0.0800. The zero-order valence-electron chi connectivity index (χ0n) is 14.0. The van der Waals surface area contributed by atoms with Crippen LogP contribution in [0.2, 0.25) is 0 Å². The van der Waals surface area contributed by atoms with E-state index in [1.54, 1.807) is 0 Å². The summed E-state index contributed by atoms with van der Waals surface area (Å²) in [4.78, 5) is 2.69. The normalized spacial score (nSPS) is 31.5. The molecular weight excluding hydrogens is 246 g/mol. The highest BCUT2D eigenvalue weighted by Gasteiger charge is 2.35. The molecule has 20 heavy (non-hydrogen) atoms. The second-order valence-electron chi connectivity index (χ2n) is 8.05. The van der Waals surface area contributed by atoms with E-state index in [9.17, 15) is 5.11 Å². The van der Waals surface area contributed by atoms with Gasteiger partial charge in [-0.15, -0.1) is 0 Å². The SMILES string of the molecule is CC(C)CCN(CC1CC(C(C)C)CCC1O)C1CC1. The molecule has 3 atom stereocenters. The molecule has 2 saturated carbocycles. The third kappa shape index (κ3) is 4.73. The molecule has 2 heteroatoms. The molecule has 0 heterocycles. The summed E-state index contributed by atoms with van der Waals surface area (Å²) in [5.74, 6) is 2.91. The number of nitrogens with zero attached hydrogens (tertiary/aromatic N) is 1. The summed E-state index contributed by atoms with van der Waals surface area (Å²) < 4.78 is 0. The fraction of sp³-hybridized carbons (Fsp3) is 1.00. The van der Waals surface area contributed by atoms with Crippen LogP contribution in [0.5, 0.6) is 0 Å². The van der Waals surface area contributed by atoms with Gasteiger partial charge in [-0.1, -0.05) is 27.7 Å². The highest BCUT2D eigenvalue weighted by Crippen LogP contribution is 2.36. The van der Waals surface area contributed by atoms with E-state index in [4.69, 9.17) is 0 Å². The molecule has 0 aromatic heterocycles. The van der Waals surface area contributed by atoms with Crippen LogP contribution in [0.1, 0.15) is 66.2 Å². The minimum absolute atomic E-state index is 0.0506. The van der Waals surface area contributed by atoms with Crippen molar-refractivity contribution in [2.24, 2.45) is 23.7 Å². The molecule has 0 aliphatic heterocycles. The minimum atomic E-state index is -0.0506. The Balaban J connectivity index is 1.87. The Kier molecular flexibility index (Phi) is 5.92. The van der Waals surface area contributed by atoms with E-state index in [1.807, 2.05) is 0 Å². The lowest BCUT2D eigenvalue weighted by atomic mass is 9.74. The van der Waals surface area contributed by atoms with E-state index in [0.717, 1.165) is 36.8 Å². The van der Waals surface area contributed by atoms with E-state index < -0.39 is 0 Å². The Morgan fingerprint density at radius 1 is 1.05 bits per heavy atom. The summed E-state index contributed by atoms with van der Waals surface area (Å²) in [6, 6.07) is 0.834. The van der Waals surface area contributed by atoms with Gasteiger partial charge < -0.3 is 10.0 Å². The Bertz CT molecular complexity index is 285. The van der Waals surface area contributed by atoms with Gasteiger partial charge in [-0.3, -0.25) is 0 Å². The van der Waals surface area contributed by atoms with Crippen molar-refractivity contribution >= 4 is 0 Å². The van der Waals surface area contributed by atoms with Crippen LogP contribution in [-0.2, 0) is 0 Å². The van der Waals surface area contributed by atoms with Gasteiger partial charge in [0.05, 0.1) is 6.10 Å². The second kappa shape index (κ2) is 7.26. The number of hydrogen-bond acceptors (Lipinski definition) is 2. The van der Waals surface area contributed by atoms with Gasteiger partial charge in [0.1, 0.15) is 0 Å². The predicted molar refractivity (Wildman–Crippen MR) is 85.7 cm³/mol. The van der Waals surface area contributed by atoms with Crippen LogP contribution in [0, 0.1) is 23.7 Å². The first-order valence-electron chi connectivity index (χ1n) is 8.89. The molecule has 0 bridgehead atoms. The van der Waals surface area contributed by atoms with Crippen molar-refractivity contribution in [3.05, 3.63) is 0 Å². The third-order valence-electron chi connectivity index (χ3n) is 5.45. The van der Waals surface area contributed by atoms with Gasteiger partial charge >= 0.3 is 0 Å². The molecule has 0 amide bonds. The molecule has 118 valence electrons. The molecule has 2 fully saturated rings. The highest BCUT2D eigenvalue weighted by atomic mass is 16.3. The van der Waals surface area contributed by atoms with E-state index in [2.05, 4.69) is 32.6 Å². The molecule has 0 saturated heterocycles. The average Bonchev–Trinajstić information content (AvgIpc) is 3.20. The van der Waals surface area contributed by atoms with Gasteiger partial charge in [-0.25, -0.2) is 0 Å². The lowest BCUT2D eigenvalue weighted by molar-refractivity contribution is 0.0164. The summed E-state index contributed by atoms with van der Waals surface area (Å²) in [6.07, 6.45) is 7.51. The van der Waals surface area contributed by atoms with Gasteiger partial charge in [-0.05, 0) is 68.7 Å². The highest BCUT2D eigenvalue weighted by molar-refractivity contribution is 4.89. The van der Waals surface area contributed by atoms with E-state index in [-0.39, 0.29) is 6.10 Å². The third-order valence-corrected chi connectivity index (χ3v) is 5.45. The lowest BCUT2D eigenvalue weighted by Crippen LogP contribution is -2.41. The van der Waals surface area contributed by atoms with Crippen LogP contribution in [-0.4, -0.2) is 35.2 Å². The van der Waals surface area contributed by atoms with Crippen LogP contribution in [0.4, 0.5) is 0 Å². The zero-order chi connectivity index (χ0) is 14.7. The first kappa shape index (κ1) is 16.3. The van der Waals surface area contributed by atoms with Crippen LogP contribution >= 0.6 is 0 Å². The molecule has 2 aliphatic carbocycles. The first-order valence-corrected chi connectivity index (χ1v) is 8.89. The topological polar surface area (TPSA) is 23.5 Å². The van der Waals surface area contributed by atoms with Crippen molar-refractivity contribution in [2.75, 3.05) is 13.1 Å². The molecule has 1 N–H and O–H groups in total. The minimum Gasteiger partial charge on any atom is -0.393 e. The summed E-state index contributed by atoms with van der Waals surface area (Å²) >= 11 is 0. The Morgan fingerprint density at radius 2 is 1.75 bits per heavy atom. The molecule has 0 radical (unpaired) electrons. The van der Waals surface area contributed by atoms with Crippen LogP contribution in [0.15, 0.2) is 0 Å². The second-order valence-corrected chi connectivity index (χ2v) is 8.05. The number of rotatable bonds is 7. The summed E-state index contributed by atoms with van der Waals surface area (Å²) in [7, 11) is 0. The maximum Gasteiger partial charge on any atom is 0.0580 e. The summed E-state index contributed by atoms with van der Waals surface area (Å²) in [6.45, 7) is 11.7. The molecule has 0 aromatic rings. The Labute approximate surface area is 125 Å². The van der Waals surface area contributed by atoms with Gasteiger partial charge in [0.25, 0.3) is 0 Å². The monoisotopic (exact) mass is 281 g/mol. The number of hydrogen-bond donors (Lipinski definition) is 1. The molecule has 0 aromatic carbocycles. The quantitative estimate of drug-likeness (QED) is 0.764. The Morgan fingerprint density at radius 3 is 2.30 bits per heavy atom. The molecule has 2 aliphatic rings. The summed E-state index contributed by atoms with van der Waals surface area (Å²) in [5.41, 5.74) is 0. The standard InChI is InChI=1S/C18H35NO/c1-13(2)9-10-19(17-6-7-17)12-16-11-15(14(3)4)5-8-18(16)20/h13-18,20H,5-12H2,1-4H3. The van der Waals surface area contributed by atoms with Gasteiger partial charge in [0.2, 0.25) is 0 Å². The van der Waals surface area contributed by atoms with Crippen LogP contribution in [0.25, 0.3) is 0 Å².